The van der Waals surface area contributed by atoms with E-state index in [0.29, 0.717) is 11.4 Å². The van der Waals surface area contributed by atoms with Crippen LogP contribution in [0.15, 0.2) is 59.3 Å². The van der Waals surface area contributed by atoms with Crippen LogP contribution in [-0.4, -0.2) is 39.1 Å². The van der Waals surface area contributed by atoms with Crippen LogP contribution < -0.4 is 5.32 Å². The number of H-pyrrole nitrogens is 1. The van der Waals surface area contributed by atoms with Crippen molar-refractivity contribution in [1.82, 2.24) is 20.1 Å². The van der Waals surface area contributed by atoms with E-state index < -0.39 is 0 Å². The van der Waals surface area contributed by atoms with Gasteiger partial charge in [-0.15, -0.1) is 12.4 Å². The summed E-state index contributed by atoms with van der Waals surface area (Å²) < 4.78 is 6.11. The summed E-state index contributed by atoms with van der Waals surface area (Å²) in [5.74, 6) is 1.50. The smallest absolute Gasteiger partial charge is 0.276 e. The maximum Gasteiger partial charge on any atom is 0.276 e. The van der Waals surface area contributed by atoms with Gasteiger partial charge in [0.15, 0.2) is 5.69 Å². The maximum atomic E-state index is 12.7. The molecule has 1 fully saturated rings. The van der Waals surface area contributed by atoms with E-state index in [9.17, 15) is 4.79 Å². The van der Waals surface area contributed by atoms with Crippen molar-refractivity contribution in [1.29, 1.82) is 0 Å². The molecule has 1 saturated heterocycles. The van der Waals surface area contributed by atoms with Gasteiger partial charge in [0.05, 0.1) is 12.1 Å². The van der Waals surface area contributed by atoms with Crippen molar-refractivity contribution in [3.05, 3.63) is 66.3 Å². The number of rotatable bonds is 5. The molecule has 1 aromatic carbocycles. The molecular weight excluding hydrogens is 414 g/mol. The average molecular weight is 438 g/mol. The number of benzene rings is 1. The van der Waals surface area contributed by atoms with Crippen molar-refractivity contribution in [3.63, 3.8) is 0 Å². The Morgan fingerprint density at radius 1 is 1.06 bits per heavy atom. The Bertz CT molecular complexity index is 1170. The summed E-state index contributed by atoms with van der Waals surface area (Å²) in [6.07, 6.45) is 7.11. The molecule has 1 aliphatic rings. The highest BCUT2D eigenvalue weighted by molar-refractivity contribution is 6.11. The molecule has 31 heavy (non-hydrogen) atoms. The molecule has 0 atom stereocenters. The number of pyridine rings is 1. The molecule has 0 radical (unpaired) electrons. The summed E-state index contributed by atoms with van der Waals surface area (Å²) in [7, 11) is 0. The molecule has 5 rings (SSSR count). The zero-order valence-corrected chi connectivity index (χ0v) is 17.8. The van der Waals surface area contributed by atoms with Gasteiger partial charge in [-0.25, -0.2) is 0 Å². The average Bonchev–Trinajstić information content (AvgIpc) is 3.42. The Morgan fingerprint density at radius 2 is 1.87 bits per heavy atom. The molecule has 1 aliphatic heterocycles. The molecule has 0 spiro atoms. The number of furan rings is 1. The minimum Gasteiger partial charge on any atom is -0.460 e. The van der Waals surface area contributed by atoms with E-state index in [-0.39, 0.29) is 18.3 Å². The zero-order chi connectivity index (χ0) is 20.3. The Hall–Kier alpha value is -3.16. The van der Waals surface area contributed by atoms with Crippen LogP contribution in [0.5, 0.6) is 0 Å². The molecule has 0 bridgehead atoms. The molecule has 2 N–H and O–H groups in total. The van der Waals surface area contributed by atoms with Crippen molar-refractivity contribution in [2.75, 3.05) is 18.4 Å². The van der Waals surface area contributed by atoms with Crippen LogP contribution in [0.3, 0.4) is 0 Å². The van der Waals surface area contributed by atoms with E-state index in [0.717, 1.165) is 47.6 Å². The quantitative estimate of drug-likeness (QED) is 0.464. The number of likely N-dealkylation sites (tertiary alicyclic amines) is 1. The fraction of sp³-hybridized carbons (Fsp3) is 0.261. The van der Waals surface area contributed by atoms with Crippen LogP contribution in [-0.2, 0) is 6.54 Å². The lowest BCUT2D eigenvalue weighted by Gasteiger charge is -2.25. The van der Waals surface area contributed by atoms with Gasteiger partial charge in [0.1, 0.15) is 11.5 Å². The largest absolute Gasteiger partial charge is 0.460 e. The number of fused-ring (bicyclic) bond motifs is 1. The second kappa shape index (κ2) is 9.32. The first-order valence-electron chi connectivity index (χ1n) is 10.3. The third-order valence-electron chi connectivity index (χ3n) is 5.49. The van der Waals surface area contributed by atoms with E-state index in [2.05, 4.69) is 25.4 Å². The second-order valence-corrected chi connectivity index (χ2v) is 7.63. The first kappa shape index (κ1) is 21.1. The van der Waals surface area contributed by atoms with Gasteiger partial charge in [-0.3, -0.25) is 19.8 Å². The second-order valence-electron chi connectivity index (χ2n) is 7.63. The minimum absolute atomic E-state index is 0. The Balaban J connectivity index is 0.00000231. The van der Waals surface area contributed by atoms with Gasteiger partial charge in [0.25, 0.3) is 5.91 Å². The monoisotopic (exact) mass is 437 g/mol. The van der Waals surface area contributed by atoms with Crippen molar-refractivity contribution < 1.29 is 9.21 Å². The number of amides is 1. The van der Waals surface area contributed by atoms with E-state index in [1.165, 1.54) is 19.3 Å². The Morgan fingerprint density at radius 3 is 2.68 bits per heavy atom. The van der Waals surface area contributed by atoms with Crippen LogP contribution in [0.2, 0.25) is 0 Å². The van der Waals surface area contributed by atoms with Gasteiger partial charge in [0, 0.05) is 29.0 Å². The van der Waals surface area contributed by atoms with Gasteiger partial charge in [0.2, 0.25) is 0 Å². The van der Waals surface area contributed by atoms with Crippen molar-refractivity contribution in [3.8, 4) is 11.3 Å². The fourth-order valence-corrected chi connectivity index (χ4v) is 3.92. The summed E-state index contributed by atoms with van der Waals surface area (Å²) in [4.78, 5) is 19.1. The predicted molar refractivity (Wildman–Crippen MR) is 122 cm³/mol. The van der Waals surface area contributed by atoms with Crippen LogP contribution in [0.1, 0.15) is 35.5 Å². The molecule has 1 amide bonds. The van der Waals surface area contributed by atoms with Crippen LogP contribution in [0.4, 0.5) is 5.69 Å². The number of nitrogens with one attached hydrogen (secondary N) is 2. The molecule has 7 nitrogen and oxygen atoms in total. The van der Waals surface area contributed by atoms with Crippen LogP contribution in [0, 0.1) is 0 Å². The van der Waals surface area contributed by atoms with E-state index in [1.807, 2.05) is 30.3 Å². The molecule has 4 heterocycles. The molecular formula is C23H24ClN5O2. The number of hydrogen-bond acceptors (Lipinski definition) is 5. The van der Waals surface area contributed by atoms with E-state index >= 15 is 0 Å². The minimum atomic E-state index is -0.269. The summed E-state index contributed by atoms with van der Waals surface area (Å²) in [6.45, 7) is 3.10. The maximum absolute atomic E-state index is 12.7. The number of nitrogens with zero attached hydrogens (tertiary/aromatic N) is 3. The normalized spacial score (nSPS) is 14.3. The lowest BCUT2D eigenvalue weighted by Crippen LogP contribution is -2.28. The molecule has 0 saturated carbocycles. The highest BCUT2D eigenvalue weighted by Crippen LogP contribution is 2.28. The van der Waals surface area contributed by atoms with Gasteiger partial charge in [-0.2, -0.15) is 5.10 Å². The van der Waals surface area contributed by atoms with Crippen molar-refractivity contribution >= 4 is 34.9 Å². The summed E-state index contributed by atoms with van der Waals surface area (Å²) in [6, 6.07) is 13.4. The Labute approximate surface area is 186 Å². The molecule has 160 valence electrons. The lowest BCUT2D eigenvalue weighted by molar-refractivity contribution is 0.102. The Kier molecular flexibility index (Phi) is 6.34. The summed E-state index contributed by atoms with van der Waals surface area (Å²) in [5, 5.41) is 10.8. The van der Waals surface area contributed by atoms with E-state index in [4.69, 9.17) is 4.42 Å². The highest BCUT2D eigenvalue weighted by atomic mass is 35.5. The van der Waals surface area contributed by atoms with Crippen LogP contribution >= 0.6 is 12.4 Å². The number of anilines is 1. The fourth-order valence-electron chi connectivity index (χ4n) is 3.92. The predicted octanol–water partition coefficient (Wildman–Crippen LogP) is 4.88. The third kappa shape index (κ3) is 4.62. The third-order valence-corrected chi connectivity index (χ3v) is 5.49. The number of halogens is 1. The number of aromatic nitrogens is 3. The molecule has 3 aromatic heterocycles. The summed E-state index contributed by atoms with van der Waals surface area (Å²) in [5.41, 5.74) is 2.75. The van der Waals surface area contributed by atoms with Gasteiger partial charge >= 0.3 is 0 Å². The topological polar surface area (TPSA) is 87.0 Å². The number of piperidine rings is 1. The van der Waals surface area contributed by atoms with Crippen molar-refractivity contribution in [2.45, 2.75) is 25.8 Å². The van der Waals surface area contributed by atoms with Gasteiger partial charge < -0.3 is 9.73 Å². The first-order chi connectivity index (χ1) is 14.8. The van der Waals surface area contributed by atoms with E-state index in [1.54, 1.807) is 24.5 Å². The molecule has 0 aliphatic carbocycles. The molecule has 0 unspecified atom stereocenters. The standard InChI is InChI=1S/C23H23N5O2.ClH/c29-23(25-17-8-10-24-11-9-17)22-19-14-16(4-6-20(19)26-27-22)21-7-5-18(30-21)15-28-12-2-1-3-13-28;/h4-11,14H,1-3,12-13,15H2,(H,26,27)(H,24,25,29);1H. The number of carbonyl (C=O) groups is 1. The van der Waals surface area contributed by atoms with Crippen molar-refractivity contribution in [2.24, 2.45) is 0 Å². The van der Waals surface area contributed by atoms with Gasteiger partial charge in [-0.05, 0) is 68.4 Å². The lowest BCUT2D eigenvalue weighted by atomic mass is 10.1. The molecule has 4 aromatic rings. The number of carbonyl (C=O) groups excluding carboxylic acids is 1. The number of aromatic amines is 1. The SMILES string of the molecule is Cl.O=C(Nc1ccncc1)c1n[nH]c2ccc(-c3ccc(CN4CCCCC4)o3)cc12. The summed E-state index contributed by atoms with van der Waals surface area (Å²) >= 11 is 0. The molecule has 8 heteroatoms. The van der Waals surface area contributed by atoms with Crippen LogP contribution in [0.25, 0.3) is 22.2 Å². The van der Waals surface area contributed by atoms with Gasteiger partial charge in [-0.1, -0.05) is 6.42 Å². The number of hydrogen-bond donors (Lipinski definition) is 2. The highest BCUT2D eigenvalue weighted by Gasteiger charge is 2.17. The zero-order valence-electron chi connectivity index (χ0n) is 17.0. The first-order valence-corrected chi connectivity index (χ1v) is 10.3.